The fraction of sp³-hybridized carbons (Fsp3) is 0.944. The van der Waals surface area contributed by atoms with Crippen LogP contribution in [0.1, 0.15) is 53.4 Å². The number of piperidine rings is 1. The van der Waals surface area contributed by atoms with Crippen molar-refractivity contribution in [3.63, 3.8) is 0 Å². The van der Waals surface area contributed by atoms with Crippen LogP contribution in [-0.2, 0) is 4.74 Å². The van der Waals surface area contributed by atoms with Crippen molar-refractivity contribution in [1.29, 1.82) is 0 Å². The average Bonchev–Trinajstić information content (AvgIpc) is 2.87. The summed E-state index contributed by atoms with van der Waals surface area (Å²) >= 11 is 0. The van der Waals surface area contributed by atoms with Gasteiger partial charge >= 0.3 is 6.09 Å². The number of aliphatic hydroxyl groups excluding tert-OH is 1. The predicted octanol–water partition coefficient (Wildman–Crippen LogP) is 1.82. The maximum absolute atomic E-state index is 12.3. The SMILES string of the molecule is CC(O)CN(CCNC1CCN2CCCCC12)C(=O)OC(C)(C)C. The molecule has 2 aliphatic heterocycles. The molecule has 2 rings (SSSR count). The molecule has 24 heavy (non-hydrogen) atoms. The van der Waals surface area contributed by atoms with Crippen molar-refractivity contribution in [3.8, 4) is 0 Å². The molecule has 3 atom stereocenters. The van der Waals surface area contributed by atoms with Crippen molar-refractivity contribution in [2.75, 3.05) is 32.7 Å². The Morgan fingerprint density at radius 1 is 1.33 bits per heavy atom. The largest absolute Gasteiger partial charge is 0.444 e. The fourth-order valence-electron chi connectivity index (χ4n) is 3.77. The van der Waals surface area contributed by atoms with Crippen LogP contribution in [0.15, 0.2) is 0 Å². The third kappa shape index (κ3) is 5.90. The molecule has 2 aliphatic rings. The van der Waals surface area contributed by atoms with E-state index >= 15 is 0 Å². The summed E-state index contributed by atoms with van der Waals surface area (Å²) in [5, 5.41) is 13.3. The van der Waals surface area contributed by atoms with Crippen molar-refractivity contribution in [2.24, 2.45) is 0 Å². The Kier molecular flexibility index (Phi) is 6.89. The minimum absolute atomic E-state index is 0.302. The lowest BCUT2D eigenvalue weighted by Gasteiger charge is -2.33. The summed E-state index contributed by atoms with van der Waals surface area (Å²) in [6, 6.07) is 1.18. The molecule has 0 bridgehead atoms. The third-order valence-corrected chi connectivity index (χ3v) is 4.78. The minimum atomic E-state index is -0.558. The number of carbonyl (C=O) groups is 1. The zero-order valence-electron chi connectivity index (χ0n) is 15.8. The molecule has 0 radical (unpaired) electrons. The van der Waals surface area contributed by atoms with Gasteiger partial charge in [-0.05, 0) is 53.5 Å². The zero-order chi connectivity index (χ0) is 17.7. The Morgan fingerprint density at radius 2 is 2.08 bits per heavy atom. The molecular formula is C18H35N3O3. The fourth-order valence-corrected chi connectivity index (χ4v) is 3.77. The highest BCUT2D eigenvalue weighted by Crippen LogP contribution is 2.26. The number of hydrogen-bond acceptors (Lipinski definition) is 5. The summed E-state index contributed by atoms with van der Waals surface area (Å²) in [5.74, 6) is 0. The van der Waals surface area contributed by atoms with Gasteiger partial charge in [0.2, 0.25) is 0 Å². The first-order valence-electron chi connectivity index (χ1n) is 9.39. The number of fused-ring (bicyclic) bond motifs is 1. The Balaban J connectivity index is 1.80. The molecule has 3 unspecified atom stereocenters. The van der Waals surface area contributed by atoms with Crippen molar-refractivity contribution >= 4 is 6.09 Å². The van der Waals surface area contributed by atoms with E-state index in [0.29, 0.717) is 25.2 Å². The summed E-state index contributed by atoms with van der Waals surface area (Å²) in [6.45, 7) is 11.3. The molecule has 0 aliphatic carbocycles. The van der Waals surface area contributed by atoms with Gasteiger partial charge in [-0.15, -0.1) is 0 Å². The minimum Gasteiger partial charge on any atom is -0.444 e. The molecule has 2 fully saturated rings. The molecule has 2 heterocycles. The normalized spacial score (nSPS) is 26.0. The molecule has 2 saturated heterocycles. The van der Waals surface area contributed by atoms with Crippen LogP contribution in [0.5, 0.6) is 0 Å². The highest BCUT2D eigenvalue weighted by molar-refractivity contribution is 5.68. The maximum atomic E-state index is 12.3. The van der Waals surface area contributed by atoms with E-state index in [1.807, 2.05) is 20.8 Å². The summed E-state index contributed by atoms with van der Waals surface area (Å²) in [4.78, 5) is 16.5. The van der Waals surface area contributed by atoms with E-state index in [9.17, 15) is 9.90 Å². The molecule has 6 nitrogen and oxygen atoms in total. The highest BCUT2D eigenvalue weighted by atomic mass is 16.6. The smallest absolute Gasteiger partial charge is 0.410 e. The number of ether oxygens (including phenoxy) is 1. The van der Waals surface area contributed by atoms with Crippen LogP contribution in [0.2, 0.25) is 0 Å². The average molecular weight is 341 g/mol. The number of nitrogens with zero attached hydrogens (tertiary/aromatic N) is 2. The second-order valence-corrected chi connectivity index (χ2v) is 8.22. The van der Waals surface area contributed by atoms with E-state index in [1.54, 1.807) is 11.8 Å². The quantitative estimate of drug-likeness (QED) is 0.771. The number of rotatable bonds is 6. The van der Waals surface area contributed by atoms with E-state index in [4.69, 9.17) is 4.74 Å². The molecule has 6 heteroatoms. The van der Waals surface area contributed by atoms with Crippen molar-refractivity contribution in [1.82, 2.24) is 15.1 Å². The van der Waals surface area contributed by atoms with Gasteiger partial charge in [-0.25, -0.2) is 4.79 Å². The Morgan fingerprint density at radius 3 is 2.75 bits per heavy atom. The van der Waals surface area contributed by atoms with Gasteiger partial charge < -0.3 is 20.1 Å². The number of carbonyl (C=O) groups excluding carboxylic acids is 1. The summed E-state index contributed by atoms with van der Waals surface area (Å²) < 4.78 is 5.45. The van der Waals surface area contributed by atoms with Crippen LogP contribution in [0, 0.1) is 0 Å². The predicted molar refractivity (Wildman–Crippen MR) is 95.1 cm³/mol. The molecule has 0 aromatic heterocycles. The molecule has 2 N–H and O–H groups in total. The molecular weight excluding hydrogens is 306 g/mol. The van der Waals surface area contributed by atoms with Gasteiger partial charge in [0, 0.05) is 38.3 Å². The van der Waals surface area contributed by atoms with Gasteiger partial charge in [-0.1, -0.05) is 6.42 Å². The molecule has 1 amide bonds. The first-order valence-corrected chi connectivity index (χ1v) is 9.39. The van der Waals surface area contributed by atoms with Crippen LogP contribution in [0.25, 0.3) is 0 Å². The monoisotopic (exact) mass is 341 g/mol. The highest BCUT2D eigenvalue weighted by Gasteiger charge is 2.35. The lowest BCUT2D eigenvalue weighted by Crippen LogP contribution is -2.48. The first kappa shape index (κ1) is 19.5. The Bertz CT molecular complexity index is 409. The second-order valence-electron chi connectivity index (χ2n) is 8.22. The molecule has 0 aromatic carbocycles. The standard InChI is InChI=1S/C18H35N3O3/c1-14(22)13-21(17(23)24-18(2,3)4)12-9-19-15-8-11-20-10-6-5-7-16(15)20/h14-16,19,22H,5-13H2,1-4H3. The lowest BCUT2D eigenvalue weighted by molar-refractivity contribution is 0.0162. The van der Waals surface area contributed by atoms with Crippen molar-refractivity contribution < 1.29 is 14.6 Å². The molecule has 0 aromatic rings. The zero-order valence-corrected chi connectivity index (χ0v) is 15.8. The van der Waals surface area contributed by atoms with Crippen LogP contribution in [0.4, 0.5) is 4.79 Å². The van der Waals surface area contributed by atoms with E-state index < -0.39 is 11.7 Å². The summed E-state index contributed by atoms with van der Waals surface area (Å²) in [7, 11) is 0. The van der Waals surface area contributed by atoms with Crippen LogP contribution in [0.3, 0.4) is 0 Å². The lowest BCUT2D eigenvalue weighted by atomic mass is 9.99. The van der Waals surface area contributed by atoms with Gasteiger partial charge in [-0.2, -0.15) is 0 Å². The van der Waals surface area contributed by atoms with Gasteiger partial charge in [0.25, 0.3) is 0 Å². The Labute approximate surface area is 146 Å². The van der Waals surface area contributed by atoms with E-state index in [0.717, 1.165) is 6.54 Å². The number of amides is 1. The van der Waals surface area contributed by atoms with E-state index in [-0.39, 0.29) is 6.09 Å². The second kappa shape index (κ2) is 8.50. The topological polar surface area (TPSA) is 65.0 Å². The van der Waals surface area contributed by atoms with Crippen molar-refractivity contribution in [3.05, 3.63) is 0 Å². The van der Waals surface area contributed by atoms with Gasteiger partial charge in [0.05, 0.1) is 6.10 Å². The van der Waals surface area contributed by atoms with Gasteiger partial charge in [0.1, 0.15) is 5.60 Å². The number of aliphatic hydroxyl groups is 1. The third-order valence-electron chi connectivity index (χ3n) is 4.78. The maximum Gasteiger partial charge on any atom is 0.410 e. The van der Waals surface area contributed by atoms with E-state index in [2.05, 4.69) is 10.2 Å². The van der Waals surface area contributed by atoms with Crippen LogP contribution < -0.4 is 5.32 Å². The van der Waals surface area contributed by atoms with Crippen molar-refractivity contribution in [2.45, 2.75) is 77.2 Å². The van der Waals surface area contributed by atoms with E-state index in [1.165, 1.54) is 38.8 Å². The molecule has 0 spiro atoms. The van der Waals surface area contributed by atoms with Gasteiger partial charge in [-0.3, -0.25) is 4.90 Å². The summed E-state index contributed by atoms with van der Waals surface area (Å²) in [5.41, 5.74) is -0.518. The first-order chi connectivity index (χ1) is 11.3. The number of nitrogens with one attached hydrogen (secondary N) is 1. The molecule has 140 valence electrons. The Hall–Kier alpha value is -0.850. The number of hydrogen-bond donors (Lipinski definition) is 2. The van der Waals surface area contributed by atoms with Gasteiger partial charge in [0.15, 0.2) is 0 Å². The van der Waals surface area contributed by atoms with Crippen LogP contribution >= 0.6 is 0 Å². The van der Waals surface area contributed by atoms with Crippen LogP contribution in [-0.4, -0.2) is 77.5 Å². The summed E-state index contributed by atoms with van der Waals surface area (Å²) in [6.07, 6.45) is 4.21. The molecule has 0 saturated carbocycles.